The number of aromatic nitrogens is 5. The highest BCUT2D eigenvalue weighted by atomic mass is 32.1. The summed E-state index contributed by atoms with van der Waals surface area (Å²) in [4.78, 5) is 30.2. The molecule has 0 unspecified atom stereocenters. The molecule has 4 aromatic rings. The molecule has 1 aliphatic heterocycles. The van der Waals surface area contributed by atoms with E-state index in [1.165, 1.54) is 0 Å². The van der Waals surface area contributed by atoms with Gasteiger partial charge in [0.05, 0.1) is 35.5 Å². The third kappa shape index (κ3) is 4.56. The van der Waals surface area contributed by atoms with E-state index in [2.05, 4.69) is 20.6 Å². The van der Waals surface area contributed by atoms with Crippen LogP contribution in [0.15, 0.2) is 24.5 Å². The number of morpholine rings is 1. The lowest BCUT2D eigenvalue weighted by Gasteiger charge is -2.29. The largest absolute Gasteiger partial charge is 0.378 e. The van der Waals surface area contributed by atoms with Gasteiger partial charge < -0.3 is 26.0 Å². The van der Waals surface area contributed by atoms with E-state index in [1.54, 1.807) is 22.0 Å². The second-order valence-electron chi connectivity index (χ2n) is 10.4. The van der Waals surface area contributed by atoms with Crippen molar-refractivity contribution >= 4 is 49.9 Å². The second-order valence-corrected chi connectivity index (χ2v) is 11.4. The molecule has 0 spiro atoms. The van der Waals surface area contributed by atoms with Gasteiger partial charge >= 0.3 is 0 Å². The first-order chi connectivity index (χ1) is 18.6. The van der Waals surface area contributed by atoms with Crippen LogP contribution in [0.4, 0.5) is 16.6 Å². The highest BCUT2D eigenvalue weighted by Gasteiger charge is 2.30. The molecule has 198 valence electrons. The van der Waals surface area contributed by atoms with Gasteiger partial charge in [0.2, 0.25) is 0 Å². The van der Waals surface area contributed by atoms with E-state index in [4.69, 9.17) is 25.4 Å². The van der Waals surface area contributed by atoms with Crippen molar-refractivity contribution in [3.8, 4) is 0 Å². The number of nitrogens with one attached hydrogen (secondary N) is 2. The summed E-state index contributed by atoms with van der Waals surface area (Å²) in [5, 5.41) is 11.9. The summed E-state index contributed by atoms with van der Waals surface area (Å²) in [6.45, 7) is 3.06. The number of fused-ring (bicyclic) bond motifs is 2. The maximum absolute atomic E-state index is 13.5. The van der Waals surface area contributed by atoms with Gasteiger partial charge in [-0.25, -0.2) is 14.5 Å². The summed E-state index contributed by atoms with van der Waals surface area (Å²) in [5.41, 5.74) is 9.63. The number of carbonyl (C=O) groups excluding carboxylic acids is 1. The molecule has 3 fully saturated rings. The monoisotopic (exact) mass is 533 g/mol. The van der Waals surface area contributed by atoms with E-state index in [0.29, 0.717) is 36.2 Å². The fourth-order valence-corrected chi connectivity index (χ4v) is 6.35. The number of rotatable bonds is 6. The number of carbonyl (C=O) groups is 1. The molecule has 0 radical (unpaired) electrons. The van der Waals surface area contributed by atoms with Crippen LogP contribution in [0.2, 0.25) is 0 Å². The highest BCUT2D eigenvalue weighted by molar-refractivity contribution is 7.22. The minimum atomic E-state index is -0.250. The summed E-state index contributed by atoms with van der Waals surface area (Å²) in [6.07, 6.45) is 9.88. The number of nitrogens with zero attached hydrogens (tertiary/aromatic N) is 6. The standard InChI is InChI=1S/C26H31N9O2S/c27-17-3-1-2-4-18(17)29-21-7-8-35-24(31-21)16(14-28-35)25(36)30-19-13-20-23(32-22(19)15-5-6-15)33-26(38-20)34-9-11-37-12-10-34/h7-8,13-15,17-18H,1-6,9-12,27H2,(H,29,31)(H,30,36)/t17-,18+/m0/s1. The molecule has 2 atom stereocenters. The number of thiazole rings is 1. The topological polar surface area (TPSA) is 136 Å². The van der Waals surface area contributed by atoms with Crippen LogP contribution >= 0.6 is 11.3 Å². The highest BCUT2D eigenvalue weighted by Crippen LogP contribution is 2.44. The summed E-state index contributed by atoms with van der Waals surface area (Å²) in [7, 11) is 0. The first-order valence-corrected chi connectivity index (χ1v) is 14.3. The summed E-state index contributed by atoms with van der Waals surface area (Å²) in [5.74, 6) is 0.803. The molecule has 4 N–H and O–H groups in total. The van der Waals surface area contributed by atoms with Gasteiger partial charge in [0.25, 0.3) is 5.91 Å². The first-order valence-electron chi connectivity index (χ1n) is 13.4. The fourth-order valence-electron chi connectivity index (χ4n) is 5.35. The van der Waals surface area contributed by atoms with Crippen LogP contribution < -0.4 is 21.3 Å². The lowest BCUT2D eigenvalue weighted by molar-refractivity contribution is 0.102. The van der Waals surface area contributed by atoms with E-state index < -0.39 is 0 Å². The van der Waals surface area contributed by atoms with Crippen molar-refractivity contribution < 1.29 is 9.53 Å². The Morgan fingerprint density at radius 3 is 2.76 bits per heavy atom. The maximum Gasteiger partial charge on any atom is 0.261 e. The average molecular weight is 534 g/mol. The SMILES string of the molecule is N[C@H]1CCCC[C@H]1Nc1ccn2ncc(C(=O)Nc3cc4sc(N5CCOCC5)nc4nc3C3CC3)c2n1. The van der Waals surface area contributed by atoms with Crippen LogP contribution in [0.1, 0.15) is 60.5 Å². The number of ether oxygens (including phenoxy) is 1. The molecule has 4 aromatic heterocycles. The van der Waals surface area contributed by atoms with Gasteiger partial charge in [0.1, 0.15) is 11.4 Å². The number of pyridine rings is 1. The molecule has 2 aliphatic carbocycles. The Hall–Kier alpha value is -3.35. The molecule has 3 aliphatic rings. The van der Waals surface area contributed by atoms with Gasteiger partial charge in [-0.15, -0.1) is 0 Å². The third-order valence-corrected chi connectivity index (χ3v) is 8.71. The predicted octanol–water partition coefficient (Wildman–Crippen LogP) is 3.38. The molecule has 2 saturated carbocycles. The van der Waals surface area contributed by atoms with Crippen molar-refractivity contribution in [3.05, 3.63) is 35.8 Å². The summed E-state index contributed by atoms with van der Waals surface area (Å²) < 4.78 is 8.07. The molecule has 12 heteroatoms. The van der Waals surface area contributed by atoms with Crippen molar-refractivity contribution in [2.45, 2.75) is 56.5 Å². The van der Waals surface area contributed by atoms with Crippen LogP contribution in [0.5, 0.6) is 0 Å². The summed E-state index contributed by atoms with van der Waals surface area (Å²) in [6, 6.07) is 4.18. The smallest absolute Gasteiger partial charge is 0.261 e. The Morgan fingerprint density at radius 2 is 1.95 bits per heavy atom. The number of nitrogens with two attached hydrogens (primary N) is 1. The lowest BCUT2D eigenvalue weighted by Crippen LogP contribution is -2.42. The quantitative estimate of drug-likeness (QED) is 0.341. The van der Waals surface area contributed by atoms with E-state index in [9.17, 15) is 4.79 Å². The molecule has 0 bridgehead atoms. The Balaban J connectivity index is 1.16. The Kier molecular flexibility index (Phi) is 6.09. The normalized spacial score (nSPS) is 22.2. The van der Waals surface area contributed by atoms with Gasteiger partial charge in [-0.1, -0.05) is 24.2 Å². The zero-order valence-electron chi connectivity index (χ0n) is 21.1. The van der Waals surface area contributed by atoms with Crippen LogP contribution in [-0.2, 0) is 4.74 Å². The van der Waals surface area contributed by atoms with E-state index in [1.807, 2.05) is 18.3 Å². The zero-order valence-corrected chi connectivity index (χ0v) is 21.9. The van der Waals surface area contributed by atoms with Gasteiger partial charge in [-0.3, -0.25) is 4.79 Å². The molecule has 38 heavy (non-hydrogen) atoms. The molecule has 0 aromatic carbocycles. The number of amides is 1. The van der Waals surface area contributed by atoms with Gasteiger partial charge in [0.15, 0.2) is 16.4 Å². The van der Waals surface area contributed by atoms with E-state index in [-0.39, 0.29) is 18.0 Å². The second kappa shape index (κ2) is 9.75. The maximum atomic E-state index is 13.5. The first kappa shape index (κ1) is 23.7. The summed E-state index contributed by atoms with van der Waals surface area (Å²) >= 11 is 1.60. The van der Waals surface area contributed by atoms with Crippen molar-refractivity contribution in [3.63, 3.8) is 0 Å². The third-order valence-electron chi connectivity index (χ3n) is 7.66. The molecular formula is C26H31N9O2S. The molecule has 5 heterocycles. The fraction of sp³-hybridized carbons (Fsp3) is 0.500. The van der Waals surface area contributed by atoms with Crippen LogP contribution in [0, 0.1) is 0 Å². The zero-order chi connectivity index (χ0) is 25.6. The van der Waals surface area contributed by atoms with E-state index in [0.717, 1.165) is 78.5 Å². The van der Waals surface area contributed by atoms with Gasteiger partial charge in [-0.05, 0) is 37.8 Å². The van der Waals surface area contributed by atoms with Crippen LogP contribution in [0.25, 0.3) is 16.0 Å². The molecule has 1 saturated heterocycles. The number of hydrogen-bond donors (Lipinski definition) is 3. The average Bonchev–Trinajstić information content (AvgIpc) is 3.56. The Labute approximate surface area is 223 Å². The molecular weight excluding hydrogens is 502 g/mol. The van der Waals surface area contributed by atoms with E-state index >= 15 is 0 Å². The molecule has 7 rings (SSSR count). The minimum Gasteiger partial charge on any atom is -0.378 e. The minimum absolute atomic E-state index is 0.105. The predicted molar refractivity (Wildman–Crippen MR) is 147 cm³/mol. The van der Waals surface area contributed by atoms with Crippen molar-refractivity contribution in [2.24, 2.45) is 5.73 Å². The Morgan fingerprint density at radius 1 is 1.11 bits per heavy atom. The van der Waals surface area contributed by atoms with Gasteiger partial charge in [-0.2, -0.15) is 10.1 Å². The van der Waals surface area contributed by atoms with Crippen molar-refractivity contribution in [1.29, 1.82) is 0 Å². The number of anilines is 3. The number of hydrogen-bond acceptors (Lipinski definition) is 10. The van der Waals surface area contributed by atoms with Crippen LogP contribution in [-0.4, -0.2) is 68.9 Å². The molecule has 11 nitrogen and oxygen atoms in total. The lowest BCUT2D eigenvalue weighted by atomic mass is 9.91. The van der Waals surface area contributed by atoms with Crippen molar-refractivity contribution in [1.82, 2.24) is 24.6 Å². The Bertz CT molecular complexity index is 1490. The van der Waals surface area contributed by atoms with Gasteiger partial charge in [0, 0.05) is 37.3 Å². The van der Waals surface area contributed by atoms with Crippen molar-refractivity contribution in [2.75, 3.05) is 41.8 Å². The molecule has 1 amide bonds. The van der Waals surface area contributed by atoms with Crippen LogP contribution in [0.3, 0.4) is 0 Å².